The van der Waals surface area contributed by atoms with Crippen LogP contribution in [0.2, 0.25) is 0 Å². The zero-order valence-electron chi connectivity index (χ0n) is 17.1. The second-order valence-corrected chi connectivity index (χ2v) is 8.40. The van der Waals surface area contributed by atoms with Crippen molar-refractivity contribution in [2.45, 2.75) is 39.2 Å². The molecule has 0 atom stereocenters. The van der Waals surface area contributed by atoms with Crippen LogP contribution >= 0.6 is 0 Å². The van der Waals surface area contributed by atoms with Gasteiger partial charge in [-0.1, -0.05) is 6.07 Å². The Bertz CT molecular complexity index is 1300. The van der Waals surface area contributed by atoms with Crippen molar-refractivity contribution in [2.75, 3.05) is 5.32 Å². The maximum atomic E-state index is 12.1. The van der Waals surface area contributed by atoms with Gasteiger partial charge in [-0.3, -0.25) is 9.78 Å². The molecule has 0 unspecified atom stereocenters. The Morgan fingerprint density at radius 1 is 1.17 bits per heavy atom. The van der Waals surface area contributed by atoms with E-state index in [2.05, 4.69) is 20.3 Å². The molecule has 1 aliphatic carbocycles. The summed E-state index contributed by atoms with van der Waals surface area (Å²) in [4.78, 5) is 25.6. The summed E-state index contributed by atoms with van der Waals surface area (Å²) in [6.45, 7) is 5.38. The number of anilines is 1. The number of oxazole rings is 1. The maximum absolute atomic E-state index is 12.1. The van der Waals surface area contributed by atoms with Gasteiger partial charge in [0.05, 0.1) is 11.2 Å². The number of carbonyl (C=O) groups excluding carboxylic acids is 1. The van der Waals surface area contributed by atoms with Gasteiger partial charge in [0.15, 0.2) is 5.58 Å². The topological polar surface area (TPSA) is 101 Å². The van der Waals surface area contributed by atoms with Crippen molar-refractivity contribution in [3.8, 4) is 11.5 Å². The molecule has 7 heteroatoms. The lowest BCUT2D eigenvalue weighted by atomic mass is 9.98. The van der Waals surface area contributed by atoms with E-state index in [1.165, 1.54) is 0 Å². The lowest BCUT2D eigenvalue weighted by molar-refractivity contribution is -0.117. The minimum Gasteiger partial charge on any atom is -0.436 e. The quantitative estimate of drug-likeness (QED) is 0.527. The van der Waals surface area contributed by atoms with Crippen LogP contribution in [0.25, 0.3) is 33.3 Å². The van der Waals surface area contributed by atoms with Gasteiger partial charge in [0.25, 0.3) is 0 Å². The molecular formula is C23H22N4O3. The zero-order chi connectivity index (χ0) is 21.0. The molecule has 0 aliphatic heterocycles. The number of benzene rings is 1. The second-order valence-electron chi connectivity index (χ2n) is 8.40. The Morgan fingerprint density at radius 2 is 1.97 bits per heavy atom. The normalized spacial score (nSPS) is 14.4. The van der Waals surface area contributed by atoms with Crippen LogP contribution < -0.4 is 5.32 Å². The summed E-state index contributed by atoms with van der Waals surface area (Å²) in [5.74, 6) is 1.05. The molecule has 0 saturated heterocycles. The van der Waals surface area contributed by atoms with Gasteiger partial charge in [-0.05, 0) is 57.4 Å². The summed E-state index contributed by atoms with van der Waals surface area (Å²) in [6, 6.07) is 7.32. The van der Waals surface area contributed by atoms with Gasteiger partial charge in [0.1, 0.15) is 11.3 Å². The molecule has 0 radical (unpaired) electrons. The first-order valence-corrected chi connectivity index (χ1v) is 9.99. The van der Waals surface area contributed by atoms with Crippen LogP contribution in [0.15, 0.2) is 41.1 Å². The van der Waals surface area contributed by atoms with E-state index in [0.717, 1.165) is 40.4 Å². The van der Waals surface area contributed by atoms with Gasteiger partial charge in [-0.15, -0.1) is 0 Å². The van der Waals surface area contributed by atoms with E-state index >= 15 is 0 Å². The Kier molecular flexibility index (Phi) is 4.11. The molecule has 2 N–H and O–H groups in total. The third-order valence-electron chi connectivity index (χ3n) is 5.50. The monoisotopic (exact) mass is 402 g/mol. The molecule has 30 heavy (non-hydrogen) atoms. The number of fused-ring (bicyclic) bond motifs is 2. The number of nitrogens with one attached hydrogen (secondary N) is 1. The molecule has 1 aliphatic rings. The molecule has 4 aromatic rings. The number of rotatable bonds is 4. The van der Waals surface area contributed by atoms with Crippen molar-refractivity contribution in [3.05, 3.63) is 47.9 Å². The number of hydrogen-bond acceptors (Lipinski definition) is 6. The van der Waals surface area contributed by atoms with Gasteiger partial charge < -0.3 is 14.8 Å². The van der Waals surface area contributed by atoms with Crippen molar-refractivity contribution in [1.29, 1.82) is 0 Å². The van der Waals surface area contributed by atoms with Crippen molar-refractivity contribution in [1.82, 2.24) is 15.0 Å². The number of amides is 1. The van der Waals surface area contributed by atoms with E-state index in [0.29, 0.717) is 22.8 Å². The van der Waals surface area contributed by atoms with E-state index < -0.39 is 5.60 Å². The average Bonchev–Trinajstić information content (AvgIpc) is 3.46. The Labute approximate surface area is 173 Å². The molecule has 1 fully saturated rings. The summed E-state index contributed by atoms with van der Waals surface area (Å²) in [5, 5.41) is 14.9. The first kappa shape index (κ1) is 18.7. The van der Waals surface area contributed by atoms with Crippen molar-refractivity contribution in [2.24, 2.45) is 5.92 Å². The summed E-state index contributed by atoms with van der Waals surface area (Å²) in [6.07, 6.45) is 5.32. The highest BCUT2D eigenvalue weighted by Gasteiger charge is 2.30. The number of aryl methyl sites for hydroxylation is 1. The number of hydrogen-bond donors (Lipinski definition) is 2. The Hall–Kier alpha value is -3.32. The number of aliphatic hydroxyl groups is 1. The lowest BCUT2D eigenvalue weighted by Crippen LogP contribution is -2.14. The summed E-state index contributed by atoms with van der Waals surface area (Å²) in [7, 11) is 0. The largest absolute Gasteiger partial charge is 0.436 e. The second kappa shape index (κ2) is 6.60. The van der Waals surface area contributed by atoms with Gasteiger partial charge >= 0.3 is 0 Å². The molecule has 5 rings (SSSR count). The number of pyridine rings is 2. The predicted octanol–water partition coefficient (Wildman–Crippen LogP) is 4.32. The van der Waals surface area contributed by atoms with Crippen LogP contribution in [0.1, 0.15) is 37.9 Å². The lowest BCUT2D eigenvalue weighted by Gasteiger charge is -2.16. The molecule has 7 nitrogen and oxygen atoms in total. The van der Waals surface area contributed by atoms with Gasteiger partial charge in [-0.25, -0.2) is 9.97 Å². The fraction of sp³-hybridized carbons (Fsp3) is 0.304. The standard InChI is InChI=1S/C23H22N4O3/c1-12-16-10-25-20(27-21(28)13-4-5-13)9-15(16)17(11-24-12)22-26-18-8-14(23(2,3)29)6-7-19(18)30-22/h6-11,13,29H,4-5H2,1-3H3,(H,25,27,28). The van der Waals surface area contributed by atoms with E-state index in [-0.39, 0.29) is 11.8 Å². The minimum absolute atomic E-state index is 0.00943. The van der Waals surface area contributed by atoms with Gasteiger partial charge in [-0.2, -0.15) is 0 Å². The summed E-state index contributed by atoms with van der Waals surface area (Å²) in [5.41, 5.74) is 2.64. The highest BCUT2D eigenvalue weighted by atomic mass is 16.3. The van der Waals surface area contributed by atoms with Gasteiger partial charge in [0.2, 0.25) is 11.8 Å². The molecule has 3 heterocycles. The molecule has 1 aromatic carbocycles. The molecular weight excluding hydrogens is 380 g/mol. The van der Waals surface area contributed by atoms with Crippen LogP contribution in [0.3, 0.4) is 0 Å². The van der Waals surface area contributed by atoms with Crippen LogP contribution in [0, 0.1) is 12.8 Å². The molecule has 1 saturated carbocycles. The molecule has 3 aromatic heterocycles. The van der Waals surface area contributed by atoms with E-state index in [1.54, 1.807) is 26.2 Å². The fourth-order valence-electron chi connectivity index (χ4n) is 3.50. The smallest absolute Gasteiger partial charge is 0.229 e. The van der Waals surface area contributed by atoms with Gasteiger partial charge in [0, 0.05) is 34.8 Å². The fourth-order valence-corrected chi connectivity index (χ4v) is 3.50. The third kappa shape index (κ3) is 3.31. The average molecular weight is 402 g/mol. The Morgan fingerprint density at radius 3 is 2.70 bits per heavy atom. The SMILES string of the molecule is Cc1ncc(-c2nc3cc(C(C)(C)O)ccc3o2)c2cc(NC(=O)C3CC3)ncc12. The zero-order valence-corrected chi connectivity index (χ0v) is 17.1. The number of carbonyl (C=O) groups is 1. The van der Waals surface area contributed by atoms with Crippen LogP contribution in [0.5, 0.6) is 0 Å². The van der Waals surface area contributed by atoms with Crippen LogP contribution in [-0.2, 0) is 10.4 Å². The van der Waals surface area contributed by atoms with E-state index in [1.807, 2.05) is 31.2 Å². The first-order chi connectivity index (χ1) is 14.3. The molecule has 152 valence electrons. The number of nitrogens with zero attached hydrogens (tertiary/aromatic N) is 3. The van der Waals surface area contributed by atoms with E-state index in [9.17, 15) is 9.90 Å². The first-order valence-electron chi connectivity index (χ1n) is 9.99. The van der Waals surface area contributed by atoms with Crippen LogP contribution in [0.4, 0.5) is 5.82 Å². The summed E-state index contributed by atoms with van der Waals surface area (Å²) < 4.78 is 6.00. The molecule has 0 bridgehead atoms. The summed E-state index contributed by atoms with van der Waals surface area (Å²) >= 11 is 0. The third-order valence-corrected chi connectivity index (χ3v) is 5.50. The highest BCUT2D eigenvalue weighted by molar-refractivity contribution is 6.00. The molecule has 0 spiro atoms. The van der Waals surface area contributed by atoms with Crippen LogP contribution in [-0.4, -0.2) is 26.0 Å². The predicted molar refractivity (Wildman–Crippen MR) is 114 cm³/mol. The highest BCUT2D eigenvalue weighted by Crippen LogP contribution is 2.34. The Balaban J connectivity index is 1.62. The molecule has 1 amide bonds. The van der Waals surface area contributed by atoms with Crippen molar-refractivity contribution in [3.63, 3.8) is 0 Å². The minimum atomic E-state index is -0.967. The van der Waals surface area contributed by atoms with Crippen molar-refractivity contribution >= 4 is 33.6 Å². The number of aromatic nitrogens is 3. The van der Waals surface area contributed by atoms with E-state index in [4.69, 9.17) is 4.42 Å². The maximum Gasteiger partial charge on any atom is 0.229 e. The van der Waals surface area contributed by atoms with Crippen molar-refractivity contribution < 1.29 is 14.3 Å².